The monoisotopic (exact) mass is 395 g/mol. The summed E-state index contributed by atoms with van der Waals surface area (Å²) in [7, 11) is 0. The number of thiazole rings is 1. The number of ether oxygens (including phenoxy) is 1. The van der Waals surface area contributed by atoms with E-state index in [0.717, 1.165) is 4.96 Å². The van der Waals surface area contributed by atoms with Crippen LogP contribution < -0.4 is 10.1 Å². The first-order valence-electron chi connectivity index (χ1n) is 8.13. The van der Waals surface area contributed by atoms with Gasteiger partial charge in [-0.1, -0.05) is 41.9 Å². The number of para-hydroxylation sites is 3. The van der Waals surface area contributed by atoms with Gasteiger partial charge in [0.15, 0.2) is 15.9 Å². The molecule has 0 atom stereocenters. The highest BCUT2D eigenvalue weighted by Crippen LogP contribution is 2.29. The normalized spacial score (nSPS) is 11.1. The maximum absolute atomic E-state index is 12.4. The number of nitrogens with zero attached hydrogens (tertiary/aromatic N) is 2. The maximum atomic E-state index is 12.4. The summed E-state index contributed by atoms with van der Waals surface area (Å²) in [5.41, 5.74) is 1.24. The van der Waals surface area contributed by atoms with Crippen LogP contribution in [0.1, 0.15) is 5.69 Å². The smallest absolute Gasteiger partial charge is 0.248 e. The largest absolute Gasteiger partial charge is 0.455 e. The molecular formula is C20H14ClN3O2S. The molecule has 27 heavy (non-hydrogen) atoms. The van der Waals surface area contributed by atoms with Gasteiger partial charge in [-0.05, 0) is 30.3 Å². The molecule has 7 heteroatoms. The van der Waals surface area contributed by atoms with Crippen molar-refractivity contribution in [3.63, 3.8) is 0 Å². The van der Waals surface area contributed by atoms with Gasteiger partial charge >= 0.3 is 0 Å². The second kappa shape index (κ2) is 7.65. The molecule has 0 radical (unpaired) electrons. The fourth-order valence-electron chi connectivity index (χ4n) is 2.53. The molecule has 0 unspecified atom stereocenters. The molecule has 1 amide bonds. The lowest BCUT2D eigenvalue weighted by Gasteiger charge is -2.11. The van der Waals surface area contributed by atoms with E-state index in [0.29, 0.717) is 28.0 Å². The Hall–Kier alpha value is -3.09. The second-order valence-electron chi connectivity index (χ2n) is 5.58. The van der Waals surface area contributed by atoms with E-state index in [1.807, 2.05) is 58.4 Å². The molecule has 0 bridgehead atoms. The Balaban J connectivity index is 1.51. The SMILES string of the molecule is O=C(/C=C/c1c(Cl)nc2sccn12)Nc1ccccc1Oc1ccccc1. The van der Waals surface area contributed by atoms with Crippen LogP contribution in [0, 0.1) is 0 Å². The van der Waals surface area contributed by atoms with E-state index in [2.05, 4.69) is 10.3 Å². The summed E-state index contributed by atoms with van der Waals surface area (Å²) in [5, 5.41) is 5.10. The molecule has 0 fully saturated rings. The number of imidazole rings is 1. The highest BCUT2D eigenvalue weighted by molar-refractivity contribution is 7.15. The summed E-state index contributed by atoms with van der Waals surface area (Å²) in [6.45, 7) is 0. The number of carbonyl (C=O) groups excluding carboxylic acids is 1. The topological polar surface area (TPSA) is 55.6 Å². The van der Waals surface area contributed by atoms with Gasteiger partial charge in [0.05, 0.1) is 11.4 Å². The van der Waals surface area contributed by atoms with Crippen molar-refractivity contribution in [1.82, 2.24) is 9.38 Å². The van der Waals surface area contributed by atoms with E-state index in [9.17, 15) is 4.79 Å². The molecule has 0 aliphatic carbocycles. The molecule has 0 spiro atoms. The quantitative estimate of drug-likeness (QED) is 0.454. The van der Waals surface area contributed by atoms with Crippen LogP contribution in [0.3, 0.4) is 0 Å². The Morgan fingerprint density at radius 2 is 1.93 bits per heavy atom. The first-order valence-corrected chi connectivity index (χ1v) is 9.38. The molecular weight excluding hydrogens is 382 g/mol. The van der Waals surface area contributed by atoms with Crippen LogP contribution in [-0.4, -0.2) is 15.3 Å². The van der Waals surface area contributed by atoms with Gasteiger partial charge in [-0.25, -0.2) is 4.98 Å². The van der Waals surface area contributed by atoms with Crippen LogP contribution in [0.25, 0.3) is 11.0 Å². The first kappa shape index (κ1) is 17.3. The lowest BCUT2D eigenvalue weighted by molar-refractivity contribution is -0.111. The number of carbonyl (C=O) groups is 1. The second-order valence-corrected chi connectivity index (χ2v) is 6.81. The summed E-state index contributed by atoms with van der Waals surface area (Å²) in [5.74, 6) is 0.967. The van der Waals surface area contributed by atoms with Crippen LogP contribution in [0.4, 0.5) is 5.69 Å². The zero-order valence-electron chi connectivity index (χ0n) is 14.0. The number of rotatable bonds is 5. The van der Waals surface area contributed by atoms with Gasteiger partial charge < -0.3 is 10.1 Å². The summed E-state index contributed by atoms with van der Waals surface area (Å²) >= 11 is 7.62. The Morgan fingerprint density at radius 1 is 1.15 bits per heavy atom. The number of nitrogens with one attached hydrogen (secondary N) is 1. The van der Waals surface area contributed by atoms with E-state index in [-0.39, 0.29) is 5.91 Å². The molecule has 0 aliphatic rings. The van der Waals surface area contributed by atoms with Crippen molar-refractivity contribution in [2.24, 2.45) is 0 Å². The number of aromatic nitrogens is 2. The fourth-order valence-corrected chi connectivity index (χ4v) is 3.53. The van der Waals surface area contributed by atoms with Crippen molar-refractivity contribution in [2.45, 2.75) is 0 Å². The maximum Gasteiger partial charge on any atom is 0.248 e. The zero-order chi connectivity index (χ0) is 18.6. The van der Waals surface area contributed by atoms with Gasteiger partial charge in [-0.3, -0.25) is 9.20 Å². The zero-order valence-corrected chi connectivity index (χ0v) is 15.6. The van der Waals surface area contributed by atoms with Gasteiger partial charge in [-0.2, -0.15) is 0 Å². The van der Waals surface area contributed by atoms with Crippen molar-refractivity contribution in [3.8, 4) is 11.5 Å². The van der Waals surface area contributed by atoms with Gasteiger partial charge in [0.1, 0.15) is 5.75 Å². The minimum absolute atomic E-state index is 0.291. The van der Waals surface area contributed by atoms with Crippen molar-refractivity contribution in [1.29, 1.82) is 0 Å². The third-order valence-electron chi connectivity index (χ3n) is 3.76. The van der Waals surface area contributed by atoms with Crippen LogP contribution in [0.5, 0.6) is 11.5 Å². The van der Waals surface area contributed by atoms with E-state index < -0.39 is 0 Å². The lowest BCUT2D eigenvalue weighted by atomic mass is 10.2. The third kappa shape index (κ3) is 3.86. The number of fused-ring (bicyclic) bond motifs is 1. The van der Waals surface area contributed by atoms with E-state index in [1.165, 1.54) is 17.4 Å². The summed E-state index contributed by atoms with van der Waals surface area (Å²) in [6, 6.07) is 16.7. The van der Waals surface area contributed by atoms with E-state index >= 15 is 0 Å². The highest BCUT2D eigenvalue weighted by Gasteiger charge is 2.10. The summed E-state index contributed by atoms with van der Waals surface area (Å²) in [4.78, 5) is 17.4. The van der Waals surface area contributed by atoms with E-state index in [4.69, 9.17) is 16.3 Å². The van der Waals surface area contributed by atoms with E-state index in [1.54, 1.807) is 18.2 Å². The fraction of sp³-hybridized carbons (Fsp3) is 0. The van der Waals surface area contributed by atoms with Gasteiger partial charge in [0.2, 0.25) is 5.91 Å². The third-order valence-corrected chi connectivity index (χ3v) is 4.80. The van der Waals surface area contributed by atoms with Crippen molar-refractivity contribution >= 4 is 45.6 Å². The number of hydrogen-bond donors (Lipinski definition) is 1. The number of anilines is 1. The van der Waals surface area contributed by atoms with Crippen molar-refractivity contribution in [3.05, 3.63) is 83.1 Å². The molecule has 134 valence electrons. The average Bonchev–Trinajstić information content (AvgIpc) is 3.23. The summed E-state index contributed by atoms with van der Waals surface area (Å²) in [6.07, 6.45) is 4.93. The van der Waals surface area contributed by atoms with Crippen LogP contribution >= 0.6 is 22.9 Å². The molecule has 2 aromatic heterocycles. The Morgan fingerprint density at radius 3 is 2.78 bits per heavy atom. The first-order chi connectivity index (χ1) is 13.2. The Labute approximate surface area is 164 Å². The molecule has 2 aromatic carbocycles. The van der Waals surface area contributed by atoms with Gasteiger partial charge in [0.25, 0.3) is 0 Å². The highest BCUT2D eigenvalue weighted by atomic mass is 35.5. The number of benzene rings is 2. The van der Waals surface area contributed by atoms with Crippen molar-refractivity contribution < 1.29 is 9.53 Å². The Bertz CT molecular complexity index is 1120. The minimum Gasteiger partial charge on any atom is -0.455 e. The van der Waals surface area contributed by atoms with Gasteiger partial charge in [0, 0.05) is 17.7 Å². The molecule has 4 rings (SSSR count). The molecule has 5 nitrogen and oxygen atoms in total. The molecule has 1 N–H and O–H groups in total. The number of halogens is 1. The molecule has 2 heterocycles. The predicted molar refractivity (Wildman–Crippen MR) is 109 cm³/mol. The van der Waals surface area contributed by atoms with Crippen LogP contribution in [0.2, 0.25) is 5.15 Å². The Kier molecular flexibility index (Phi) is 4.91. The molecule has 4 aromatic rings. The summed E-state index contributed by atoms with van der Waals surface area (Å²) < 4.78 is 7.69. The average molecular weight is 396 g/mol. The van der Waals surface area contributed by atoms with Crippen LogP contribution in [-0.2, 0) is 4.79 Å². The molecule has 0 aliphatic heterocycles. The number of amides is 1. The standard InChI is InChI=1S/C20H14ClN3O2S/c21-19-16(24-12-13-27-20(24)23-19)10-11-18(25)22-15-8-4-5-9-17(15)26-14-6-2-1-3-7-14/h1-13H,(H,22,25)/b11-10+. The van der Waals surface area contributed by atoms with Crippen LogP contribution in [0.15, 0.2) is 72.3 Å². The van der Waals surface area contributed by atoms with Crippen molar-refractivity contribution in [2.75, 3.05) is 5.32 Å². The molecule has 0 saturated carbocycles. The van der Waals surface area contributed by atoms with Gasteiger partial charge in [-0.15, -0.1) is 11.3 Å². The number of hydrogen-bond acceptors (Lipinski definition) is 4. The molecule has 0 saturated heterocycles. The lowest BCUT2D eigenvalue weighted by Crippen LogP contribution is -2.08. The predicted octanol–water partition coefficient (Wildman–Crippen LogP) is 5.49. The minimum atomic E-state index is -0.291.